The van der Waals surface area contributed by atoms with Crippen LogP contribution in [0.2, 0.25) is 0 Å². The van der Waals surface area contributed by atoms with Crippen LogP contribution in [0.4, 0.5) is 10.6 Å². The third-order valence-electron chi connectivity index (χ3n) is 6.07. The first-order chi connectivity index (χ1) is 14.8. The van der Waals surface area contributed by atoms with Gasteiger partial charge in [-0.1, -0.05) is 25.3 Å². The number of carbonyl (C=O) groups is 3. The number of benzene rings is 1. The maximum absolute atomic E-state index is 12.9. The van der Waals surface area contributed by atoms with Gasteiger partial charge >= 0.3 is 6.03 Å². The molecule has 4 rings (SSSR count). The van der Waals surface area contributed by atoms with Crippen molar-refractivity contribution < 1.29 is 14.4 Å². The molecule has 1 saturated heterocycles. The van der Waals surface area contributed by atoms with Gasteiger partial charge < -0.3 is 10.6 Å². The number of aryl methyl sites for hydroxylation is 3. The zero-order valence-corrected chi connectivity index (χ0v) is 18.3. The summed E-state index contributed by atoms with van der Waals surface area (Å²) in [6, 6.07) is 7.50. The second-order valence-electron chi connectivity index (χ2n) is 8.76. The van der Waals surface area contributed by atoms with Crippen LogP contribution in [0, 0.1) is 20.8 Å². The molecule has 2 heterocycles. The number of aromatic nitrogens is 2. The molecule has 8 heteroatoms. The van der Waals surface area contributed by atoms with Crippen LogP contribution in [0.1, 0.15) is 55.3 Å². The highest BCUT2D eigenvalue weighted by Gasteiger charge is 2.51. The standard InChI is InChI=1S/C23H29N5O3/c1-15-11-16(2)13-18(12-15)28-19(14-17(3)26-28)24-20(29)7-10-27-21(30)23(25-22(27)31)8-5-4-6-9-23/h11-14H,4-10H2,1-3H3,(H,24,29)(H,25,31). The molecule has 0 radical (unpaired) electrons. The summed E-state index contributed by atoms with van der Waals surface area (Å²) in [5, 5.41) is 10.3. The largest absolute Gasteiger partial charge is 0.325 e. The lowest BCUT2D eigenvalue weighted by atomic mass is 9.82. The Balaban J connectivity index is 1.43. The number of nitrogens with one attached hydrogen (secondary N) is 2. The minimum Gasteiger partial charge on any atom is -0.323 e. The van der Waals surface area contributed by atoms with Crippen LogP contribution in [0.25, 0.3) is 5.69 Å². The first kappa shape index (κ1) is 21.1. The lowest BCUT2D eigenvalue weighted by molar-refractivity contribution is -0.132. The molecule has 4 amide bonds. The normalized spacial score (nSPS) is 17.8. The Morgan fingerprint density at radius 1 is 1.06 bits per heavy atom. The van der Waals surface area contributed by atoms with Crippen LogP contribution in [0.15, 0.2) is 24.3 Å². The molecule has 1 aliphatic carbocycles. The first-order valence-electron chi connectivity index (χ1n) is 10.9. The van der Waals surface area contributed by atoms with Gasteiger partial charge in [0, 0.05) is 19.0 Å². The van der Waals surface area contributed by atoms with Crippen LogP contribution >= 0.6 is 0 Å². The molecule has 0 atom stereocenters. The number of carbonyl (C=O) groups excluding carboxylic acids is 3. The van der Waals surface area contributed by atoms with E-state index in [0.29, 0.717) is 18.7 Å². The first-order valence-corrected chi connectivity index (χ1v) is 10.9. The summed E-state index contributed by atoms with van der Waals surface area (Å²) in [6.07, 6.45) is 4.33. The number of nitrogens with zero attached hydrogens (tertiary/aromatic N) is 3. The smallest absolute Gasteiger partial charge is 0.323 e. The quantitative estimate of drug-likeness (QED) is 0.721. The number of rotatable bonds is 5. The molecular formula is C23H29N5O3. The molecule has 1 spiro atoms. The summed E-state index contributed by atoms with van der Waals surface area (Å²) in [7, 11) is 0. The SMILES string of the molecule is Cc1cc(C)cc(-n2nc(C)cc2NC(=O)CCN2C(=O)NC3(CCCCC3)C2=O)c1. The Hall–Kier alpha value is -3.16. The molecule has 0 bridgehead atoms. The van der Waals surface area contributed by atoms with Gasteiger partial charge in [0.25, 0.3) is 5.91 Å². The zero-order valence-electron chi connectivity index (χ0n) is 18.3. The molecule has 1 aromatic carbocycles. The van der Waals surface area contributed by atoms with Gasteiger partial charge in [-0.05, 0) is 56.9 Å². The molecule has 164 valence electrons. The monoisotopic (exact) mass is 423 g/mol. The van der Waals surface area contributed by atoms with Gasteiger partial charge in [0.05, 0.1) is 11.4 Å². The second-order valence-corrected chi connectivity index (χ2v) is 8.76. The fourth-order valence-corrected chi connectivity index (χ4v) is 4.65. The average molecular weight is 424 g/mol. The van der Waals surface area contributed by atoms with Crippen molar-refractivity contribution in [3.05, 3.63) is 41.1 Å². The van der Waals surface area contributed by atoms with Crippen LogP contribution in [-0.2, 0) is 9.59 Å². The van der Waals surface area contributed by atoms with Crippen molar-refractivity contribution in [1.29, 1.82) is 0 Å². The lowest BCUT2D eigenvalue weighted by Gasteiger charge is -2.30. The summed E-state index contributed by atoms with van der Waals surface area (Å²) >= 11 is 0. The van der Waals surface area contributed by atoms with E-state index in [-0.39, 0.29) is 24.8 Å². The molecule has 2 N–H and O–H groups in total. The van der Waals surface area contributed by atoms with E-state index in [2.05, 4.69) is 21.8 Å². The molecule has 1 saturated carbocycles. The van der Waals surface area contributed by atoms with Gasteiger partial charge in [-0.15, -0.1) is 0 Å². The highest BCUT2D eigenvalue weighted by molar-refractivity contribution is 6.07. The summed E-state index contributed by atoms with van der Waals surface area (Å²) in [5.41, 5.74) is 3.10. The van der Waals surface area contributed by atoms with E-state index < -0.39 is 11.6 Å². The maximum atomic E-state index is 12.9. The minimum absolute atomic E-state index is 0.0340. The Morgan fingerprint density at radius 2 is 1.74 bits per heavy atom. The highest BCUT2D eigenvalue weighted by Crippen LogP contribution is 2.33. The van der Waals surface area contributed by atoms with Crippen molar-refractivity contribution in [3.63, 3.8) is 0 Å². The molecule has 8 nitrogen and oxygen atoms in total. The van der Waals surface area contributed by atoms with Gasteiger partial charge in [-0.2, -0.15) is 5.10 Å². The summed E-state index contributed by atoms with van der Waals surface area (Å²) in [6.45, 7) is 5.96. The van der Waals surface area contributed by atoms with E-state index in [1.807, 2.05) is 32.9 Å². The number of hydrogen-bond acceptors (Lipinski definition) is 4. The van der Waals surface area contributed by atoms with E-state index in [1.54, 1.807) is 10.7 Å². The molecule has 1 aliphatic heterocycles. The fourth-order valence-electron chi connectivity index (χ4n) is 4.65. The van der Waals surface area contributed by atoms with Gasteiger partial charge in [-0.3, -0.25) is 14.5 Å². The molecule has 1 aromatic heterocycles. The molecule has 2 aromatic rings. The predicted molar refractivity (Wildman–Crippen MR) is 117 cm³/mol. The highest BCUT2D eigenvalue weighted by atomic mass is 16.2. The van der Waals surface area contributed by atoms with Crippen molar-refractivity contribution >= 4 is 23.7 Å². The van der Waals surface area contributed by atoms with Crippen LogP contribution in [0.3, 0.4) is 0 Å². The number of amides is 4. The van der Waals surface area contributed by atoms with Crippen molar-refractivity contribution in [1.82, 2.24) is 20.0 Å². The average Bonchev–Trinajstić information content (AvgIpc) is 3.17. The third-order valence-corrected chi connectivity index (χ3v) is 6.07. The van der Waals surface area contributed by atoms with E-state index >= 15 is 0 Å². The number of imide groups is 1. The van der Waals surface area contributed by atoms with Crippen molar-refractivity contribution in [2.45, 2.75) is 64.8 Å². The predicted octanol–water partition coefficient (Wildman–Crippen LogP) is 3.38. The molecule has 31 heavy (non-hydrogen) atoms. The van der Waals surface area contributed by atoms with E-state index in [9.17, 15) is 14.4 Å². The topological polar surface area (TPSA) is 96.3 Å². The Morgan fingerprint density at radius 3 is 2.42 bits per heavy atom. The summed E-state index contributed by atoms with van der Waals surface area (Å²) in [5.74, 6) is 0.102. The van der Waals surface area contributed by atoms with Crippen molar-refractivity contribution in [2.24, 2.45) is 0 Å². The second kappa shape index (κ2) is 8.17. The van der Waals surface area contributed by atoms with Gasteiger partial charge in [0.15, 0.2) is 0 Å². The molecule has 0 unspecified atom stereocenters. The van der Waals surface area contributed by atoms with Gasteiger partial charge in [-0.25, -0.2) is 9.48 Å². The van der Waals surface area contributed by atoms with Crippen molar-refractivity contribution in [2.75, 3.05) is 11.9 Å². The number of urea groups is 1. The number of hydrogen-bond donors (Lipinski definition) is 2. The van der Waals surface area contributed by atoms with Crippen LogP contribution in [-0.4, -0.2) is 44.6 Å². The fraction of sp³-hybridized carbons (Fsp3) is 0.478. The molecule has 2 fully saturated rings. The van der Waals surface area contributed by atoms with E-state index in [1.165, 1.54) is 4.90 Å². The van der Waals surface area contributed by atoms with Gasteiger partial charge in [0.1, 0.15) is 11.4 Å². The van der Waals surface area contributed by atoms with Crippen LogP contribution < -0.4 is 10.6 Å². The van der Waals surface area contributed by atoms with Gasteiger partial charge in [0.2, 0.25) is 5.91 Å². The van der Waals surface area contributed by atoms with Crippen molar-refractivity contribution in [3.8, 4) is 5.69 Å². The number of anilines is 1. The lowest BCUT2D eigenvalue weighted by Crippen LogP contribution is -2.48. The van der Waals surface area contributed by atoms with E-state index in [0.717, 1.165) is 41.8 Å². The zero-order chi connectivity index (χ0) is 22.2. The third kappa shape index (κ3) is 4.19. The summed E-state index contributed by atoms with van der Waals surface area (Å²) < 4.78 is 1.71. The molecule has 2 aliphatic rings. The Bertz CT molecular complexity index is 1020. The molecular weight excluding hydrogens is 394 g/mol. The van der Waals surface area contributed by atoms with E-state index in [4.69, 9.17) is 0 Å². The maximum Gasteiger partial charge on any atom is 0.325 e. The summed E-state index contributed by atoms with van der Waals surface area (Å²) in [4.78, 5) is 39.1. The Kier molecular flexibility index (Phi) is 5.56. The Labute approximate surface area is 182 Å². The minimum atomic E-state index is -0.759. The van der Waals surface area contributed by atoms with Crippen LogP contribution in [0.5, 0.6) is 0 Å².